The lowest BCUT2D eigenvalue weighted by Gasteiger charge is -2.02. The first-order chi connectivity index (χ1) is 9.81. The third-order valence-electron chi connectivity index (χ3n) is 2.89. The number of aromatic nitrogens is 2. The highest BCUT2D eigenvalue weighted by molar-refractivity contribution is 6.02. The van der Waals surface area contributed by atoms with Crippen LogP contribution in [0.1, 0.15) is 5.56 Å². The zero-order valence-electron chi connectivity index (χ0n) is 10.7. The largest absolute Gasteiger partial charge is 0.322 e. The Bertz CT molecular complexity index is 760. The van der Waals surface area contributed by atoms with E-state index < -0.39 is 0 Å². The molecule has 0 bridgehead atoms. The maximum Gasteiger partial charge on any atom is 0.248 e. The Morgan fingerprint density at radius 2 is 2.00 bits per heavy atom. The number of nitrogens with zero attached hydrogens (tertiary/aromatic N) is 2. The minimum absolute atomic E-state index is 0.155. The molecule has 0 radical (unpaired) electrons. The van der Waals surface area contributed by atoms with Gasteiger partial charge < -0.3 is 5.32 Å². The molecule has 98 valence electrons. The quantitative estimate of drug-likeness (QED) is 0.738. The summed E-state index contributed by atoms with van der Waals surface area (Å²) in [7, 11) is 0. The zero-order valence-corrected chi connectivity index (χ0v) is 10.7. The van der Waals surface area contributed by atoms with Crippen molar-refractivity contribution in [2.75, 3.05) is 5.32 Å². The van der Waals surface area contributed by atoms with Gasteiger partial charge in [0.25, 0.3) is 0 Å². The topological polar surface area (TPSA) is 46.4 Å². The molecule has 1 aromatic carbocycles. The number of hydrogen-bond acceptors (Lipinski definition) is 2. The van der Waals surface area contributed by atoms with Crippen molar-refractivity contribution in [1.29, 1.82) is 0 Å². The second kappa shape index (κ2) is 5.40. The summed E-state index contributed by atoms with van der Waals surface area (Å²) in [6, 6.07) is 15.3. The average molecular weight is 263 g/mol. The fraction of sp³-hybridized carbons (Fsp3) is 0. The summed E-state index contributed by atoms with van der Waals surface area (Å²) >= 11 is 0. The molecule has 1 N–H and O–H groups in total. The van der Waals surface area contributed by atoms with E-state index in [1.54, 1.807) is 16.8 Å². The van der Waals surface area contributed by atoms with Crippen LogP contribution < -0.4 is 5.32 Å². The normalized spacial score (nSPS) is 11.0. The van der Waals surface area contributed by atoms with Gasteiger partial charge in [-0.15, -0.1) is 0 Å². The molecular formula is C16H13N3O. The molecule has 1 amide bonds. The van der Waals surface area contributed by atoms with Crippen molar-refractivity contribution in [3.8, 4) is 0 Å². The Hall–Kier alpha value is -2.88. The van der Waals surface area contributed by atoms with E-state index in [0.717, 1.165) is 16.8 Å². The van der Waals surface area contributed by atoms with E-state index >= 15 is 0 Å². The lowest BCUT2D eigenvalue weighted by atomic mass is 10.2. The number of nitrogens with one attached hydrogen (secondary N) is 1. The van der Waals surface area contributed by atoms with Gasteiger partial charge in [0.2, 0.25) is 5.91 Å². The Balaban J connectivity index is 1.70. The predicted molar refractivity (Wildman–Crippen MR) is 79.3 cm³/mol. The van der Waals surface area contributed by atoms with Crippen LogP contribution in [0, 0.1) is 0 Å². The van der Waals surface area contributed by atoms with E-state index in [2.05, 4.69) is 10.4 Å². The molecule has 0 spiro atoms. The first-order valence-electron chi connectivity index (χ1n) is 6.29. The lowest BCUT2D eigenvalue weighted by molar-refractivity contribution is -0.111. The zero-order chi connectivity index (χ0) is 13.8. The fourth-order valence-corrected chi connectivity index (χ4v) is 1.92. The Labute approximate surface area is 116 Å². The number of rotatable bonds is 3. The smallest absolute Gasteiger partial charge is 0.248 e. The summed E-state index contributed by atoms with van der Waals surface area (Å²) in [5.74, 6) is -0.155. The molecule has 0 aliphatic carbocycles. The minimum atomic E-state index is -0.155. The average Bonchev–Trinajstić information content (AvgIpc) is 2.94. The van der Waals surface area contributed by atoms with E-state index in [1.165, 1.54) is 6.08 Å². The summed E-state index contributed by atoms with van der Waals surface area (Å²) in [4.78, 5) is 11.8. The first-order valence-corrected chi connectivity index (χ1v) is 6.29. The van der Waals surface area contributed by atoms with Crippen molar-refractivity contribution in [2.45, 2.75) is 0 Å². The maximum absolute atomic E-state index is 11.8. The number of carbonyl (C=O) groups is 1. The van der Waals surface area contributed by atoms with Crippen LogP contribution in [-0.4, -0.2) is 15.5 Å². The van der Waals surface area contributed by atoms with Gasteiger partial charge >= 0.3 is 0 Å². The van der Waals surface area contributed by atoms with Crippen LogP contribution in [0.5, 0.6) is 0 Å². The van der Waals surface area contributed by atoms with Crippen molar-refractivity contribution in [3.05, 3.63) is 72.6 Å². The highest BCUT2D eigenvalue weighted by Crippen LogP contribution is 2.11. The molecule has 2 aromatic heterocycles. The van der Waals surface area contributed by atoms with Gasteiger partial charge in [0.1, 0.15) is 0 Å². The van der Waals surface area contributed by atoms with Gasteiger partial charge in [0.15, 0.2) is 0 Å². The van der Waals surface area contributed by atoms with Gasteiger partial charge in [0.05, 0.1) is 5.52 Å². The van der Waals surface area contributed by atoms with Crippen molar-refractivity contribution >= 4 is 23.2 Å². The van der Waals surface area contributed by atoms with E-state index in [9.17, 15) is 4.79 Å². The molecule has 20 heavy (non-hydrogen) atoms. The van der Waals surface area contributed by atoms with E-state index in [1.807, 2.05) is 54.7 Å². The summed E-state index contributed by atoms with van der Waals surface area (Å²) < 4.78 is 1.75. The number of amides is 1. The molecule has 4 heteroatoms. The molecule has 0 saturated heterocycles. The van der Waals surface area contributed by atoms with Gasteiger partial charge in [-0.2, -0.15) is 5.10 Å². The second-order valence-electron chi connectivity index (χ2n) is 4.35. The Morgan fingerprint density at radius 3 is 2.85 bits per heavy atom. The summed E-state index contributed by atoms with van der Waals surface area (Å²) in [5, 5.41) is 6.93. The van der Waals surface area contributed by atoms with Gasteiger partial charge in [0, 0.05) is 24.2 Å². The molecule has 3 rings (SSSR count). The van der Waals surface area contributed by atoms with Crippen LogP contribution in [0.4, 0.5) is 5.69 Å². The van der Waals surface area contributed by atoms with Crippen LogP contribution in [0.3, 0.4) is 0 Å². The highest BCUT2D eigenvalue weighted by atomic mass is 16.1. The third kappa shape index (κ3) is 2.75. The van der Waals surface area contributed by atoms with E-state index in [0.29, 0.717) is 0 Å². The minimum Gasteiger partial charge on any atom is -0.322 e. The summed E-state index contributed by atoms with van der Waals surface area (Å²) in [5.41, 5.74) is 2.68. The van der Waals surface area contributed by atoms with Crippen LogP contribution >= 0.6 is 0 Å². The summed E-state index contributed by atoms with van der Waals surface area (Å²) in [6.07, 6.45) is 6.84. The molecule has 0 unspecified atom stereocenters. The molecule has 0 aliphatic rings. The number of anilines is 1. The maximum atomic E-state index is 11.8. The van der Waals surface area contributed by atoms with Crippen LogP contribution in [0.2, 0.25) is 0 Å². The molecule has 0 atom stereocenters. The van der Waals surface area contributed by atoms with Crippen molar-refractivity contribution in [2.24, 2.45) is 0 Å². The van der Waals surface area contributed by atoms with Gasteiger partial charge in [-0.25, -0.2) is 4.52 Å². The van der Waals surface area contributed by atoms with Crippen LogP contribution in [0.15, 0.2) is 67.0 Å². The fourth-order valence-electron chi connectivity index (χ4n) is 1.92. The molecule has 0 fully saturated rings. The Kier molecular flexibility index (Phi) is 3.29. The third-order valence-corrected chi connectivity index (χ3v) is 2.89. The highest BCUT2D eigenvalue weighted by Gasteiger charge is 2.00. The number of pyridine rings is 1. The SMILES string of the molecule is O=C(/C=C/c1ccccc1)Nc1ccn2nccc2c1. The second-order valence-corrected chi connectivity index (χ2v) is 4.35. The number of fused-ring (bicyclic) bond motifs is 1. The molecule has 0 saturated carbocycles. The van der Waals surface area contributed by atoms with E-state index in [-0.39, 0.29) is 5.91 Å². The molecule has 2 heterocycles. The molecular weight excluding hydrogens is 250 g/mol. The lowest BCUT2D eigenvalue weighted by Crippen LogP contribution is -2.07. The van der Waals surface area contributed by atoms with Gasteiger partial charge in [-0.05, 0) is 29.8 Å². The van der Waals surface area contributed by atoms with Crippen LogP contribution in [-0.2, 0) is 4.79 Å². The van der Waals surface area contributed by atoms with Gasteiger partial charge in [-0.1, -0.05) is 30.3 Å². The van der Waals surface area contributed by atoms with Crippen molar-refractivity contribution < 1.29 is 4.79 Å². The van der Waals surface area contributed by atoms with Crippen LogP contribution in [0.25, 0.3) is 11.6 Å². The van der Waals surface area contributed by atoms with Gasteiger partial charge in [-0.3, -0.25) is 4.79 Å². The first kappa shape index (κ1) is 12.2. The number of hydrogen-bond donors (Lipinski definition) is 1. The number of carbonyl (C=O) groups excluding carboxylic acids is 1. The monoisotopic (exact) mass is 263 g/mol. The van der Waals surface area contributed by atoms with E-state index in [4.69, 9.17) is 0 Å². The standard InChI is InChI=1S/C16H13N3O/c20-16(7-6-13-4-2-1-3-5-13)18-14-9-11-19-15(12-14)8-10-17-19/h1-12H,(H,18,20)/b7-6+. The molecule has 4 nitrogen and oxygen atoms in total. The predicted octanol–water partition coefficient (Wildman–Crippen LogP) is 2.99. The van der Waals surface area contributed by atoms with Crippen molar-refractivity contribution in [1.82, 2.24) is 9.61 Å². The van der Waals surface area contributed by atoms with Crippen molar-refractivity contribution in [3.63, 3.8) is 0 Å². The number of benzene rings is 1. The summed E-state index contributed by atoms with van der Waals surface area (Å²) in [6.45, 7) is 0. The molecule has 3 aromatic rings. The molecule has 0 aliphatic heterocycles. The Morgan fingerprint density at radius 1 is 1.15 bits per heavy atom.